The number of hydrogen-bond donors (Lipinski definition) is 0. The Balaban J connectivity index is 2.53. The Morgan fingerprint density at radius 3 is 2.87 bits per heavy atom. The van der Waals surface area contributed by atoms with E-state index < -0.39 is 0 Å². The second-order valence-corrected chi connectivity index (χ2v) is 4.17. The Hall–Kier alpha value is -1.15. The van der Waals surface area contributed by atoms with Crippen LogP contribution in [0.15, 0.2) is 12.1 Å². The Morgan fingerprint density at radius 1 is 1.33 bits per heavy atom. The molecule has 1 aliphatic carbocycles. The number of carbonyl (C=O) groups excluding carboxylic acids is 1. The molecule has 0 saturated heterocycles. The first kappa shape index (κ1) is 10.4. The van der Waals surface area contributed by atoms with Crippen LogP contribution in [-0.2, 0) is 17.8 Å². The molecule has 1 aliphatic rings. The zero-order chi connectivity index (χ0) is 10.8. The van der Waals surface area contributed by atoms with E-state index in [2.05, 4.69) is 19.1 Å². The van der Waals surface area contributed by atoms with Gasteiger partial charge in [0.2, 0.25) is 0 Å². The summed E-state index contributed by atoms with van der Waals surface area (Å²) in [6.07, 6.45) is 2.70. The maximum Gasteiger partial charge on any atom is 0.163 e. The summed E-state index contributed by atoms with van der Waals surface area (Å²) in [6, 6.07) is 4.19. The number of benzene rings is 1. The van der Waals surface area contributed by atoms with Crippen LogP contribution in [0.3, 0.4) is 0 Å². The normalized spacial score (nSPS) is 15.2. The summed E-state index contributed by atoms with van der Waals surface area (Å²) < 4.78 is 5.15. The SMILES string of the molecule is COCc1cc(C)cc2c1C(=O)CCC2. The molecule has 0 aromatic heterocycles. The molecule has 0 amide bonds. The zero-order valence-electron chi connectivity index (χ0n) is 9.30. The van der Waals surface area contributed by atoms with Crippen molar-refractivity contribution < 1.29 is 9.53 Å². The van der Waals surface area contributed by atoms with Crippen molar-refractivity contribution in [2.75, 3.05) is 7.11 Å². The minimum atomic E-state index is 0.281. The molecule has 0 unspecified atom stereocenters. The molecule has 1 aromatic rings. The Kier molecular flexibility index (Phi) is 2.87. The van der Waals surface area contributed by atoms with Crippen molar-refractivity contribution in [3.8, 4) is 0 Å². The van der Waals surface area contributed by atoms with Gasteiger partial charge in [0.25, 0.3) is 0 Å². The van der Waals surface area contributed by atoms with Gasteiger partial charge in [-0.2, -0.15) is 0 Å². The second-order valence-electron chi connectivity index (χ2n) is 4.17. The Labute approximate surface area is 90.3 Å². The van der Waals surface area contributed by atoms with Crippen molar-refractivity contribution in [2.24, 2.45) is 0 Å². The highest BCUT2D eigenvalue weighted by molar-refractivity contribution is 5.99. The number of aryl methyl sites for hydroxylation is 2. The van der Waals surface area contributed by atoms with Crippen molar-refractivity contribution in [1.29, 1.82) is 0 Å². The van der Waals surface area contributed by atoms with Crippen LogP contribution in [-0.4, -0.2) is 12.9 Å². The van der Waals surface area contributed by atoms with Crippen LogP contribution < -0.4 is 0 Å². The lowest BCUT2D eigenvalue weighted by atomic mass is 9.86. The fourth-order valence-corrected chi connectivity index (χ4v) is 2.33. The largest absolute Gasteiger partial charge is 0.380 e. The summed E-state index contributed by atoms with van der Waals surface area (Å²) in [6.45, 7) is 2.61. The van der Waals surface area contributed by atoms with Gasteiger partial charge in [-0.1, -0.05) is 17.7 Å². The molecule has 0 aliphatic heterocycles. The van der Waals surface area contributed by atoms with Crippen LogP contribution in [0.5, 0.6) is 0 Å². The van der Waals surface area contributed by atoms with Gasteiger partial charge < -0.3 is 4.74 Å². The first-order valence-electron chi connectivity index (χ1n) is 5.37. The van der Waals surface area contributed by atoms with Gasteiger partial charge in [0.1, 0.15) is 0 Å². The van der Waals surface area contributed by atoms with Crippen molar-refractivity contribution in [1.82, 2.24) is 0 Å². The molecule has 0 N–H and O–H groups in total. The van der Waals surface area contributed by atoms with E-state index in [1.807, 2.05) is 0 Å². The third kappa shape index (κ3) is 1.95. The Morgan fingerprint density at radius 2 is 2.13 bits per heavy atom. The summed E-state index contributed by atoms with van der Waals surface area (Å²) in [4.78, 5) is 11.8. The van der Waals surface area contributed by atoms with Crippen molar-refractivity contribution in [3.05, 3.63) is 34.4 Å². The average molecular weight is 204 g/mol. The van der Waals surface area contributed by atoms with E-state index in [-0.39, 0.29) is 5.78 Å². The maximum absolute atomic E-state index is 11.8. The molecule has 0 fully saturated rings. The van der Waals surface area contributed by atoms with Gasteiger partial charge in [0.05, 0.1) is 6.61 Å². The fraction of sp³-hybridized carbons (Fsp3) is 0.462. The molecule has 0 saturated carbocycles. The molecule has 2 rings (SSSR count). The molecule has 0 spiro atoms. The van der Waals surface area contributed by atoms with Gasteiger partial charge >= 0.3 is 0 Å². The van der Waals surface area contributed by atoms with E-state index in [0.29, 0.717) is 13.0 Å². The third-order valence-electron chi connectivity index (χ3n) is 2.87. The van der Waals surface area contributed by atoms with E-state index in [1.165, 1.54) is 11.1 Å². The summed E-state index contributed by atoms with van der Waals surface area (Å²) in [7, 11) is 1.67. The molecule has 0 atom stereocenters. The smallest absolute Gasteiger partial charge is 0.163 e. The molecule has 15 heavy (non-hydrogen) atoms. The van der Waals surface area contributed by atoms with E-state index in [4.69, 9.17) is 4.74 Å². The predicted molar refractivity (Wildman–Crippen MR) is 59.2 cm³/mol. The topological polar surface area (TPSA) is 26.3 Å². The van der Waals surface area contributed by atoms with E-state index >= 15 is 0 Å². The maximum atomic E-state index is 11.8. The molecule has 0 bridgehead atoms. The van der Waals surface area contributed by atoms with Gasteiger partial charge in [-0.3, -0.25) is 4.79 Å². The van der Waals surface area contributed by atoms with Crippen molar-refractivity contribution in [2.45, 2.75) is 32.8 Å². The molecular weight excluding hydrogens is 188 g/mol. The summed E-state index contributed by atoms with van der Waals surface area (Å²) >= 11 is 0. The summed E-state index contributed by atoms with van der Waals surface area (Å²) in [5.74, 6) is 0.281. The Bertz CT molecular complexity index is 394. The van der Waals surface area contributed by atoms with Crippen LogP contribution in [0.2, 0.25) is 0 Å². The molecule has 2 nitrogen and oxygen atoms in total. The summed E-state index contributed by atoms with van der Waals surface area (Å²) in [5, 5.41) is 0. The van der Waals surface area contributed by atoms with E-state index in [0.717, 1.165) is 24.0 Å². The number of fused-ring (bicyclic) bond motifs is 1. The van der Waals surface area contributed by atoms with Crippen LogP contribution in [0.25, 0.3) is 0 Å². The molecule has 1 aromatic carbocycles. The lowest BCUT2D eigenvalue weighted by Crippen LogP contribution is -2.14. The molecule has 80 valence electrons. The highest BCUT2D eigenvalue weighted by Crippen LogP contribution is 2.26. The monoisotopic (exact) mass is 204 g/mol. The number of carbonyl (C=O) groups is 1. The van der Waals surface area contributed by atoms with Gasteiger partial charge in [-0.15, -0.1) is 0 Å². The quantitative estimate of drug-likeness (QED) is 0.740. The van der Waals surface area contributed by atoms with Crippen molar-refractivity contribution in [3.63, 3.8) is 0 Å². The van der Waals surface area contributed by atoms with E-state index in [9.17, 15) is 4.79 Å². The lowest BCUT2D eigenvalue weighted by molar-refractivity contribution is 0.0967. The number of rotatable bonds is 2. The van der Waals surface area contributed by atoms with Gasteiger partial charge in [-0.05, 0) is 30.9 Å². The van der Waals surface area contributed by atoms with Crippen molar-refractivity contribution >= 4 is 5.78 Å². The average Bonchev–Trinajstić information content (AvgIpc) is 2.17. The first-order chi connectivity index (χ1) is 7.22. The number of methoxy groups -OCH3 is 1. The van der Waals surface area contributed by atoms with Gasteiger partial charge in [0.15, 0.2) is 5.78 Å². The standard InChI is InChI=1S/C13H16O2/c1-9-6-10-4-3-5-12(14)13(10)11(7-9)8-15-2/h6-7H,3-5,8H2,1-2H3. The van der Waals surface area contributed by atoms with Gasteiger partial charge in [0, 0.05) is 19.1 Å². The van der Waals surface area contributed by atoms with Gasteiger partial charge in [-0.25, -0.2) is 0 Å². The van der Waals surface area contributed by atoms with Crippen LogP contribution in [0.4, 0.5) is 0 Å². The number of hydrogen-bond acceptors (Lipinski definition) is 2. The van der Waals surface area contributed by atoms with Crippen LogP contribution >= 0.6 is 0 Å². The zero-order valence-corrected chi connectivity index (χ0v) is 9.30. The number of ketones is 1. The third-order valence-corrected chi connectivity index (χ3v) is 2.87. The fourth-order valence-electron chi connectivity index (χ4n) is 2.33. The molecule has 0 heterocycles. The van der Waals surface area contributed by atoms with Crippen LogP contribution in [0.1, 0.15) is 39.9 Å². The molecular formula is C13H16O2. The second kappa shape index (κ2) is 4.15. The number of ether oxygens (including phenoxy) is 1. The molecule has 0 radical (unpaired) electrons. The highest BCUT2D eigenvalue weighted by Gasteiger charge is 2.20. The predicted octanol–water partition coefficient (Wildman–Crippen LogP) is 2.66. The number of Topliss-reactive ketones (excluding diaryl/α,β-unsaturated/α-hetero) is 1. The first-order valence-corrected chi connectivity index (χ1v) is 5.37. The highest BCUT2D eigenvalue weighted by atomic mass is 16.5. The summed E-state index contributed by atoms with van der Waals surface area (Å²) in [5.41, 5.74) is 4.40. The molecule has 2 heteroatoms. The van der Waals surface area contributed by atoms with Crippen LogP contribution in [0, 0.1) is 6.92 Å². The lowest BCUT2D eigenvalue weighted by Gasteiger charge is -2.19. The minimum absolute atomic E-state index is 0.281. The minimum Gasteiger partial charge on any atom is -0.380 e. The van der Waals surface area contributed by atoms with E-state index in [1.54, 1.807) is 7.11 Å².